The van der Waals surface area contributed by atoms with E-state index in [1.165, 1.54) is 12.1 Å². The van der Waals surface area contributed by atoms with Crippen LogP contribution in [0.1, 0.15) is 46.1 Å². The van der Waals surface area contributed by atoms with Gasteiger partial charge in [0.05, 0.1) is 22.9 Å². The summed E-state index contributed by atoms with van der Waals surface area (Å²) >= 11 is 0. The first-order chi connectivity index (χ1) is 11.7. The number of nitrogens with zero attached hydrogens (tertiary/aromatic N) is 1. The van der Waals surface area contributed by atoms with Gasteiger partial charge >= 0.3 is 7.12 Å². The third kappa shape index (κ3) is 3.52. The second kappa shape index (κ2) is 6.60. The van der Waals surface area contributed by atoms with Crippen molar-refractivity contribution in [2.24, 2.45) is 0 Å². The number of ether oxygens (including phenoxy) is 2. The number of halogens is 1. The van der Waals surface area contributed by atoms with Crippen molar-refractivity contribution in [3.8, 4) is 11.8 Å². The summed E-state index contributed by atoms with van der Waals surface area (Å²) in [6, 6.07) is 4.65. The molecule has 1 aromatic carbocycles. The van der Waals surface area contributed by atoms with E-state index in [4.69, 9.17) is 18.8 Å². The van der Waals surface area contributed by atoms with E-state index >= 15 is 0 Å². The Morgan fingerprint density at radius 2 is 1.96 bits per heavy atom. The monoisotopic (exact) mass is 347 g/mol. The maximum absolute atomic E-state index is 14.5. The van der Waals surface area contributed by atoms with Crippen LogP contribution in [0.5, 0.6) is 5.75 Å². The van der Waals surface area contributed by atoms with Crippen LogP contribution in [0.3, 0.4) is 0 Å². The fraction of sp³-hybridized carbons (Fsp3) is 0.611. The zero-order valence-corrected chi connectivity index (χ0v) is 15.1. The van der Waals surface area contributed by atoms with Gasteiger partial charge in [0.1, 0.15) is 24.2 Å². The van der Waals surface area contributed by atoms with Gasteiger partial charge in [0.2, 0.25) is 0 Å². The topological polar surface area (TPSA) is 60.7 Å². The van der Waals surface area contributed by atoms with E-state index in [1.807, 2.05) is 33.8 Å². The van der Waals surface area contributed by atoms with Crippen LogP contribution in [-0.4, -0.2) is 37.6 Å². The minimum absolute atomic E-state index is 0.0110. The Hall–Kier alpha value is -1.62. The van der Waals surface area contributed by atoms with Crippen LogP contribution in [0, 0.1) is 17.1 Å². The third-order valence-corrected chi connectivity index (χ3v) is 5.18. The highest BCUT2D eigenvalue weighted by molar-refractivity contribution is 6.62. The van der Waals surface area contributed by atoms with Gasteiger partial charge < -0.3 is 18.8 Å². The molecule has 0 bridgehead atoms. The quantitative estimate of drug-likeness (QED) is 0.784. The van der Waals surface area contributed by atoms with Crippen LogP contribution < -0.4 is 10.2 Å². The van der Waals surface area contributed by atoms with E-state index in [9.17, 15) is 9.65 Å². The van der Waals surface area contributed by atoms with Crippen molar-refractivity contribution in [1.82, 2.24) is 0 Å². The molecule has 2 fully saturated rings. The lowest BCUT2D eigenvalue weighted by molar-refractivity contribution is 0.00578. The van der Waals surface area contributed by atoms with Gasteiger partial charge in [-0.3, -0.25) is 0 Å². The highest BCUT2D eigenvalue weighted by atomic mass is 19.1. The van der Waals surface area contributed by atoms with Crippen molar-refractivity contribution in [3.63, 3.8) is 0 Å². The first kappa shape index (κ1) is 18.2. The lowest BCUT2D eigenvalue weighted by Crippen LogP contribution is -2.41. The van der Waals surface area contributed by atoms with Gasteiger partial charge in [-0.05, 0) is 52.7 Å². The van der Waals surface area contributed by atoms with Gasteiger partial charge in [-0.1, -0.05) is 0 Å². The van der Waals surface area contributed by atoms with Gasteiger partial charge in [0, 0.05) is 12.1 Å². The molecule has 5 nitrogen and oxygen atoms in total. The Bertz CT molecular complexity index is 679. The molecule has 1 atom stereocenters. The number of hydrogen-bond donors (Lipinski definition) is 0. The normalized spacial score (nSPS) is 24.3. The molecule has 0 aromatic heterocycles. The van der Waals surface area contributed by atoms with Crippen molar-refractivity contribution < 1.29 is 23.2 Å². The van der Waals surface area contributed by atoms with Crippen LogP contribution in [-0.2, 0) is 14.0 Å². The Balaban J connectivity index is 1.85. The average Bonchev–Trinajstić information content (AvgIpc) is 3.12. The third-order valence-electron chi connectivity index (χ3n) is 5.18. The molecular formula is C18H23BFNO4. The highest BCUT2D eigenvalue weighted by Gasteiger charge is 2.52. The number of nitriles is 1. The van der Waals surface area contributed by atoms with Crippen LogP contribution in [0.15, 0.2) is 12.1 Å². The second-order valence-electron chi connectivity index (χ2n) is 7.52. The SMILES string of the molecule is CC1(C)OB(c2cc(OC[C@@H]3CCCO3)c(C#N)cc2F)OC1(C)C. The molecule has 7 heteroatoms. The molecule has 0 saturated carbocycles. The van der Waals surface area contributed by atoms with E-state index in [1.54, 1.807) is 0 Å². The molecule has 1 aromatic rings. The van der Waals surface area contributed by atoms with Crippen molar-refractivity contribution in [2.75, 3.05) is 13.2 Å². The fourth-order valence-corrected chi connectivity index (χ4v) is 2.89. The van der Waals surface area contributed by atoms with E-state index in [-0.39, 0.29) is 17.1 Å². The largest absolute Gasteiger partial charge is 0.497 e. The molecular weight excluding hydrogens is 324 g/mol. The molecule has 0 radical (unpaired) electrons. The van der Waals surface area contributed by atoms with Crippen LogP contribution in [0.4, 0.5) is 4.39 Å². The van der Waals surface area contributed by atoms with Crippen LogP contribution >= 0.6 is 0 Å². The van der Waals surface area contributed by atoms with Gasteiger partial charge in [-0.15, -0.1) is 0 Å². The van der Waals surface area contributed by atoms with Gasteiger partial charge in [-0.25, -0.2) is 4.39 Å². The minimum Gasteiger partial charge on any atom is -0.490 e. The predicted octanol–water partition coefficient (Wildman–Crippen LogP) is 2.55. The molecule has 0 unspecified atom stereocenters. The van der Waals surface area contributed by atoms with E-state index < -0.39 is 24.1 Å². The number of hydrogen-bond acceptors (Lipinski definition) is 5. The highest BCUT2D eigenvalue weighted by Crippen LogP contribution is 2.37. The molecule has 0 amide bonds. The molecule has 134 valence electrons. The standard InChI is InChI=1S/C18H23BFNO4/c1-17(2)18(3,4)25-19(24-17)14-9-16(12(10-21)8-15(14)20)23-11-13-6-5-7-22-13/h8-9,13H,5-7,11H2,1-4H3/t13-/m0/s1. The van der Waals surface area contributed by atoms with E-state index in [0.717, 1.165) is 19.4 Å². The second-order valence-corrected chi connectivity index (χ2v) is 7.52. The predicted molar refractivity (Wildman–Crippen MR) is 91.3 cm³/mol. The Morgan fingerprint density at radius 1 is 1.28 bits per heavy atom. The lowest BCUT2D eigenvalue weighted by Gasteiger charge is -2.32. The van der Waals surface area contributed by atoms with E-state index in [0.29, 0.717) is 12.4 Å². The molecule has 0 aliphatic carbocycles. The Labute approximate surface area is 148 Å². The van der Waals surface area contributed by atoms with Gasteiger partial charge in [-0.2, -0.15) is 5.26 Å². The molecule has 2 heterocycles. The van der Waals surface area contributed by atoms with Crippen LogP contribution in [0.2, 0.25) is 0 Å². The number of benzene rings is 1. The van der Waals surface area contributed by atoms with Crippen molar-refractivity contribution in [1.29, 1.82) is 5.26 Å². The van der Waals surface area contributed by atoms with E-state index in [2.05, 4.69) is 0 Å². The van der Waals surface area contributed by atoms with Gasteiger partial charge in [0.25, 0.3) is 0 Å². The fourth-order valence-electron chi connectivity index (χ4n) is 2.89. The summed E-state index contributed by atoms with van der Waals surface area (Å²) in [5, 5.41) is 9.27. The summed E-state index contributed by atoms with van der Waals surface area (Å²) in [6.07, 6.45) is 1.94. The molecule has 2 aliphatic heterocycles. The Morgan fingerprint density at radius 3 is 2.52 bits per heavy atom. The smallest absolute Gasteiger partial charge is 0.490 e. The summed E-state index contributed by atoms with van der Waals surface area (Å²) in [6.45, 7) is 8.68. The van der Waals surface area contributed by atoms with Crippen molar-refractivity contribution >= 4 is 12.6 Å². The Kier molecular flexibility index (Phi) is 4.80. The maximum atomic E-state index is 14.5. The molecule has 3 rings (SSSR count). The molecule has 2 aliphatic rings. The zero-order chi connectivity index (χ0) is 18.2. The molecule has 0 spiro atoms. The first-order valence-electron chi connectivity index (χ1n) is 8.57. The zero-order valence-electron chi connectivity index (χ0n) is 15.1. The van der Waals surface area contributed by atoms with Crippen molar-refractivity contribution in [3.05, 3.63) is 23.5 Å². The van der Waals surface area contributed by atoms with Crippen molar-refractivity contribution in [2.45, 2.75) is 57.8 Å². The van der Waals surface area contributed by atoms with Gasteiger partial charge in [0.15, 0.2) is 0 Å². The summed E-state index contributed by atoms with van der Waals surface area (Å²) in [7, 11) is -0.845. The molecule has 25 heavy (non-hydrogen) atoms. The maximum Gasteiger partial charge on any atom is 0.497 e. The summed E-state index contributed by atoms with van der Waals surface area (Å²) in [4.78, 5) is 0. The number of rotatable bonds is 4. The summed E-state index contributed by atoms with van der Waals surface area (Å²) in [5.41, 5.74) is -0.760. The summed E-state index contributed by atoms with van der Waals surface area (Å²) in [5.74, 6) is -0.219. The minimum atomic E-state index is -0.845. The van der Waals surface area contributed by atoms with Crippen LogP contribution in [0.25, 0.3) is 0 Å². The molecule has 0 N–H and O–H groups in total. The first-order valence-corrected chi connectivity index (χ1v) is 8.57. The lowest BCUT2D eigenvalue weighted by atomic mass is 9.78. The molecule has 2 saturated heterocycles. The average molecular weight is 347 g/mol. The summed E-state index contributed by atoms with van der Waals surface area (Å²) < 4.78 is 37.6.